The molecular weight excluding hydrogens is 360 g/mol. The Labute approximate surface area is 167 Å². The number of hydrogen-bond donors (Lipinski definition) is 0. The van der Waals surface area contributed by atoms with Crippen LogP contribution in [0.4, 0.5) is 0 Å². The van der Waals surface area contributed by atoms with Gasteiger partial charge in [-0.2, -0.15) is 0 Å². The van der Waals surface area contributed by atoms with Gasteiger partial charge in [0, 0.05) is 25.9 Å². The molecule has 0 saturated carbocycles. The van der Waals surface area contributed by atoms with Gasteiger partial charge < -0.3 is 14.2 Å². The van der Waals surface area contributed by atoms with Crippen molar-refractivity contribution in [1.82, 2.24) is 0 Å². The number of carbonyl (C=O) groups is 3. The number of ether oxygens (including phenoxy) is 3. The summed E-state index contributed by atoms with van der Waals surface area (Å²) in [5.74, 6) is -1.62. The topological polar surface area (TPSA) is 78.9 Å². The highest BCUT2D eigenvalue weighted by Gasteiger charge is 2.28. The second-order valence-electron chi connectivity index (χ2n) is 7.61. The third-order valence-corrected chi connectivity index (χ3v) is 3.88. The molecule has 6 nitrogen and oxygen atoms in total. The van der Waals surface area contributed by atoms with E-state index in [1.165, 1.54) is 0 Å². The van der Waals surface area contributed by atoms with Crippen LogP contribution in [0.2, 0.25) is 0 Å². The van der Waals surface area contributed by atoms with Crippen LogP contribution in [0.15, 0.2) is 30.3 Å². The highest BCUT2D eigenvalue weighted by Crippen LogP contribution is 2.20. The van der Waals surface area contributed by atoms with Crippen LogP contribution < -0.4 is 0 Å². The molecule has 1 atom stereocenters. The molecule has 0 aliphatic rings. The zero-order valence-electron chi connectivity index (χ0n) is 17.4. The summed E-state index contributed by atoms with van der Waals surface area (Å²) < 4.78 is 15.8. The fraction of sp³-hybridized carbons (Fsp3) is 0.591. The van der Waals surface area contributed by atoms with Crippen molar-refractivity contribution >= 4 is 17.7 Å². The van der Waals surface area contributed by atoms with E-state index in [0.29, 0.717) is 13.2 Å². The fourth-order valence-corrected chi connectivity index (χ4v) is 2.50. The Morgan fingerprint density at radius 2 is 1.71 bits per heavy atom. The first-order valence-electron chi connectivity index (χ1n) is 9.73. The van der Waals surface area contributed by atoms with E-state index < -0.39 is 23.5 Å². The van der Waals surface area contributed by atoms with Crippen molar-refractivity contribution < 1.29 is 28.6 Å². The first kappa shape index (κ1) is 23.8. The van der Waals surface area contributed by atoms with E-state index in [-0.39, 0.29) is 38.1 Å². The standard InChI is InChI=1S/C22H32O6/c1-5-26-14-13-19(23)15-18(21(25)28-22(2,3)4)11-12-20(24)27-16-17-9-7-6-8-10-17/h6-10,18H,5,11-16H2,1-4H3. The smallest absolute Gasteiger partial charge is 0.309 e. The summed E-state index contributed by atoms with van der Waals surface area (Å²) >= 11 is 0. The van der Waals surface area contributed by atoms with Crippen molar-refractivity contribution in [2.45, 2.75) is 65.6 Å². The van der Waals surface area contributed by atoms with Crippen molar-refractivity contribution in [3.8, 4) is 0 Å². The van der Waals surface area contributed by atoms with E-state index in [9.17, 15) is 14.4 Å². The molecule has 0 fully saturated rings. The first-order valence-corrected chi connectivity index (χ1v) is 9.73. The van der Waals surface area contributed by atoms with E-state index in [4.69, 9.17) is 14.2 Å². The van der Waals surface area contributed by atoms with Gasteiger partial charge >= 0.3 is 11.9 Å². The zero-order chi connectivity index (χ0) is 21.0. The number of rotatable bonds is 12. The van der Waals surface area contributed by atoms with Gasteiger partial charge in [0.15, 0.2) is 0 Å². The summed E-state index contributed by atoms with van der Waals surface area (Å²) in [4.78, 5) is 36.7. The molecule has 0 saturated heterocycles. The SMILES string of the molecule is CCOCCC(=O)CC(CCC(=O)OCc1ccccc1)C(=O)OC(C)(C)C. The Kier molecular flexibility index (Phi) is 10.5. The number of Topliss-reactive ketones (excluding diaryl/α,β-unsaturated/α-hetero) is 1. The van der Waals surface area contributed by atoms with E-state index in [1.54, 1.807) is 20.8 Å². The van der Waals surface area contributed by atoms with Crippen LogP contribution in [0, 0.1) is 5.92 Å². The number of ketones is 1. The van der Waals surface area contributed by atoms with Gasteiger partial charge in [-0.25, -0.2) is 0 Å². The van der Waals surface area contributed by atoms with Crippen LogP contribution in [0.25, 0.3) is 0 Å². The minimum absolute atomic E-state index is 0.0357. The molecule has 0 aliphatic heterocycles. The molecule has 28 heavy (non-hydrogen) atoms. The van der Waals surface area contributed by atoms with Crippen LogP contribution in [-0.4, -0.2) is 36.5 Å². The molecule has 0 bridgehead atoms. The summed E-state index contributed by atoms with van der Waals surface area (Å²) in [6.07, 6.45) is 0.540. The van der Waals surface area contributed by atoms with Gasteiger partial charge in [-0.05, 0) is 39.7 Å². The highest BCUT2D eigenvalue weighted by atomic mass is 16.6. The van der Waals surface area contributed by atoms with Crippen LogP contribution in [0.5, 0.6) is 0 Å². The monoisotopic (exact) mass is 392 g/mol. The third-order valence-electron chi connectivity index (χ3n) is 3.88. The Bertz CT molecular complexity index is 618. The molecule has 0 amide bonds. The van der Waals surface area contributed by atoms with Gasteiger partial charge in [0.1, 0.15) is 18.0 Å². The normalized spacial score (nSPS) is 12.3. The number of hydrogen-bond acceptors (Lipinski definition) is 6. The van der Waals surface area contributed by atoms with Crippen molar-refractivity contribution in [2.24, 2.45) is 5.92 Å². The summed E-state index contributed by atoms with van der Waals surface area (Å²) in [6, 6.07) is 9.37. The zero-order valence-corrected chi connectivity index (χ0v) is 17.4. The molecule has 6 heteroatoms. The quantitative estimate of drug-likeness (QED) is 0.397. The van der Waals surface area contributed by atoms with Crippen LogP contribution in [0.3, 0.4) is 0 Å². The maximum atomic E-state index is 12.5. The molecule has 0 spiro atoms. The van der Waals surface area contributed by atoms with Crippen molar-refractivity contribution in [2.75, 3.05) is 13.2 Å². The van der Waals surface area contributed by atoms with Crippen LogP contribution >= 0.6 is 0 Å². The van der Waals surface area contributed by atoms with E-state index >= 15 is 0 Å². The lowest BCUT2D eigenvalue weighted by Crippen LogP contribution is -2.30. The molecule has 0 N–H and O–H groups in total. The number of carbonyl (C=O) groups excluding carboxylic acids is 3. The molecule has 1 unspecified atom stereocenters. The Morgan fingerprint density at radius 1 is 1.04 bits per heavy atom. The molecule has 1 rings (SSSR count). The van der Waals surface area contributed by atoms with Crippen LogP contribution in [0.1, 0.15) is 58.9 Å². The van der Waals surface area contributed by atoms with Crippen molar-refractivity contribution in [3.05, 3.63) is 35.9 Å². The lowest BCUT2D eigenvalue weighted by atomic mass is 9.95. The van der Waals surface area contributed by atoms with Gasteiger partial charge in [-0.1, -0.05) is 30.3 Å². The fourth-order valence-electron chi connectivity index (χ4n) is 2.50. The minimum atomic E-state index is -0.669. The van der Waals surface area contributed by atoms with E-state index in [1.807, 2.05) is 37.3 Å². The summed E-state index contributed by atoms with van der Waals surface area (Å²) in [6.45, 7) is 8.22. The molecule has 0 aromatic heterocycles. The van der Waals surface area contributed by atoms with E-state index in [0.717, 1.165) is 5.56 Å². The van der Waals surface area contributed by atoms with Crippen LogP contribution in [-0.2, 0) is 35.2 Å². The maximum absolute atomic E-state index is 12.5. The third kappa shape index (κ3) is 10.8. The maximum Gasteiger partial charge on any atom is 0.309 e. The lowest BCUT2D eigenvalue weighted by Gasteiger charge is -2.23. The highest BCUT2D eigenvalue weighted by molar-refractivity contribution is 5.85. The summed E-state index contributed by atoms with van der Waals surface area (Å²) in [7, 11) is 0. The molecule has 0 aliphatic carbocycles. The summed E-state index contributed by atoms with van der Waals surface area (Å²) in [5.41, 5.74) is 0.239. The van der Waals surface area contributed by atoms with Gasteiger partial charge in [0.2, 0.25) is 0 Å². The molecule has 1 aromatic carbocycles. The second kappa shape index (κ2) is 12.3. The van der Waals surface area contributed by atoms with Gasteiger partial charge in [0.05, 0.1) is 12.5 Å². The van der Waals surface area contributed by atoms with Crippen molar-refractivity contribution in [3.63, 3.8) is 0 Å². The Balaban J connectivity index is 2.56. The summed E-state index contributed by atoms with van der Waals surface area (Å²) in [5, 5.41) is 0. The predicted molar refractivity (Wildman–Crippen MR) is 106 cm³/mol. The molecule has 0 heterocycles. The average molecular weight is 392 g/mol. The number of esters is 2. The van der Waals surface area contributed by atoms with Gasteiger partial charge in [0.25, 0.3) is 0 Å². The van der Waals surface area contributed by atoms with E-state index in [2.05, 4.69) is 0 Å². The molecule has 1 aromatic rings. The van der Waals surface area contributed by atoms with Crippen molar-refractivity contribution in [1.29, 1.82) is 0 Å². The second-order valence-corrected chi connectivity index (χ2v) is 7.61. The Morgan fingerprint density at radius 3 is 2.32 bits per heavy atom. The largest absolute Gasteiger partial charge is 0.461 e. The average Bonchev–Trinajstić information content (AvgIpc) is 2.63. The number of benzene rings is 1. The molecule has 156 valence electrons. The molecule has 0 radical (unpaired) electrons. The lowest BCUT2D eigenvalue weighted by molar-refractivity contribution is -0.162. The van der Waals surface area contributed by atoms with Gasteiger partial charge in [-0.3, -0.25) is 14.4 Å². The Hall–Kier alpha value is -2.21. The minimum Gasteiger partial charge on any atom is -0.461 e. The predicted octanol–water partition coefficient (Wildman–Crippen LogP) is 3.85. The van der Waals surface area contributed by atoms with Gasteiger partial charge in [-0.15, -0.1) is 0 Å². The molecular formula is C22H32O6. The first-order chi connectivity index (χ1) is 13.2.